The molecule has 34 heavy (non-hydrogen) atoms. The molecule has 1 unspecified atom stereocenters. The molecule has 0 aromatic heterocycles. The smallest absolute Gasteiger partial charge is 0.258 e. The van der Waals surface area contributed by atoms with Crippen LogP contribution in [0.1, 0.15) is 75.2 Å². The predicted molar refractivity (Wildman–Crippen MR) is 139 cm³/mol. The van der Waals surface area contributed by atoms with Gasteiger partial charge in [-0.1, -0.05) is 35.8 Å². The SMILES string of the molecule is CC(C)C(C)NS(=O)(=O)c1cccc(C(=O)N2CC3(CCC4(CC4)CC3)c3cc(Br)ccc32)c1. The maximum atomic E-state index is 13.8. The van der Waals surface area contributed by atoms with Crippen LogP contribution >= 0.6 is 15.9 Å². The second kappa shape index (κ2) is 8.45. The number of fused-ring (bicyclic) bond motifs is 2. The zero-order valence-corrected chi connectivity index (χ0v) is 22.5. The minimum Gasteiger partial charge on any atom is -0.307 e. The van der Waals surface area contributed by atoms with E-state index in [2.05, 4.69) is 26.7 Å². The first-order valence-electron chi connectivity index (χ1n) is 12.3. The van der Waals surface area contributed by atoms with Crippen LogP contribution < -0.4 is 9.62 Å². The standard InChI is InChI=1S/C27H33BrN2O3S/c1-18(2)19(3)29-34(32,33)22-6-4-5-20(15-22)25(31)30-17-27(13-11-26(9-10-26)12-14-27)23-16-21(28)7-8-24(23)30/h4-8,15-16,18-19,29H,9-14,17H2,1-3H3. The van der Waals surface area contributed by atoms with E-state index in [-0.39, 0.29) is 28.2 Å². The molecule has 2 spiro atoms. The van der Waals surface area contributed by atoms with Gasteiger partial charge in [-0.25, -0.2) is 13.1 Å². The number of hydrogen-bond donors (Lipinski definition) is 1. The van der Waals surface area contributed by atoms with E-state index in [1.54, 1.807) is 18.2 Å². The van der Waals surface area contributed by atoms with Crippen molar-refractivity contribution in [3.63, 3.8) is 0 Å². The first-order chi connectivity index (χ1) is 16.0. The van der Waals surface area contributed by atoms with Crippen LogP contribution in [-0.2, 0) is 15.4 Å². The molecule has 2 aromatic rings. The Kier molecular flexibility index (Phi) is 5.97. The molecule has 2 fully saturated rings. The van der Waals surface area contributed by atoms with Crippen molar-refractivity contribution >= 4 is 37.5 Å². The monoisotopic (exact) mass is 544 g/mol. The van der Waals surface area contributed by atoms with Crippen molar-refractivity contribution in [3.8, 4) is 0 Å². The molecule has 0 radical (unpaired) electrons. The Labute approximate surface area is 211 Å². The molecular weight excluding hydrogens is 512 g/mol. The van der Waals surface area contributed by atoms with E-state index < -0.39 is 10.0 Å². The molecule has 1 aliphatic heterocycles. The van der Waals surface area contributed by atoms with Crippen LogP contribution in [0, 0.1) is 11.3 Å². The first-order valence-corrected chi connectivity index (χ1v) is 14.6. The molecule has 182 valence electrons. The molecule has 0 saturated heterocycles. The lowest BCUT2D eigenvalue weighted by atomic mass is 9.66. The van der Waals surface area contributed by atoms with Crippen molar-refractivity contribution in [2.24, 2.45) is 11.3 Å². The van der Waals surface area contributed by atoms with E-state index in [9.17, 15) is 13.2 Å². The summed E-state index contributed by atoms with van der Waals surface area (Å²) in [6.45, 7) is 6.46. The molecule has 0 bridgehead atoms. The summed E-state index contributed by atoms with van der Waals surface area (Å²) in [6, 6.07) is 12.5. The van der Waals surface area contributed by atoms with Gasteiger partial charge in [-0.3, -0.25) is 4.79 Å². The van der Waals surface area contributed by atoms with Gasteiger partial charge in [-0.15, -0.1) is 0 Å². The summed E-state index contributed by atoms with van der Waals surface area (Å²) in [4.78, 5) is 15.8. The number of benzene rings is 2. The molecule has 5 nitrogen and oxygen atoms in total. The van der Waals surface area contributed by atoms with E-state index in [1.165, 1.54) is 37.3 Å². The van der Waals surface area contributed by atoms with Crippen LogP contribution in [0.4, 0.5) is 5.69 Å². The molecule has 3 aliphatic rings. The highest BCUT2D eigenvalue weighted by Gasteiger charge is 2.53. The number of hydrogen-bond acceptors (Lipinski definition) is 3. The van der Waals surface area contributed by atoms with Crippen LogP contribution in [0.25, 0.3) is 0 Å². The molecule has 2 aromatic carbocycles. The molecular formula is C27H33BrN2O3S. The third kappa shape index (κ3) is 4.24. The minimum atomic E-state index is -3.71. The number of nitrogens with one attached hydrogen (secondary N) is 1. The summed E-state index contributed by atoms with van der Waals surface area (Å²) in [5.41, 5.74) is 3.17. The number of carbonyl (C=O) groups excluding carboxylic acids is 1. The molecule has 2 aliphatic carbocycles. The first kappa shape index (κ1) is 24.0. The number of rotatable bonds is 5. The lowest BCUT2D eigenvalue weighted by Gasteiger charge is -2.38. The largest absolute Gasteiger partial charge is 0.307 e. The summed E-state index contributed by atoms with van der Waals surface area (Å²) in [5.74, 6) is 0.0302. The van der Waals surface area contributed by atoms with Crippen LogP contribution in [-0.4, -0.2) is 26.9 Å². The second-order valence-electron chi connectivity index (χ2n) is 11.0. The zero-order chi connectivity index (χ0) is 24.3. The summed E-state index contributed by atoms with van der Waals surface area (Å²) < 4.78 is 29.7. The zero-order valence-electron chi connectivity index (χ0n) is 20.1. The quantitative estimate of drug-likeness (QED) is 0.500. The Hall–Kier alpha value is -1.70. The van der Waals surface area contributed by atoms with Crippen molar-refractivity contribution in [1.29, 1.82) is 0 Å². The molecule has 1 N–H and O–H groups in total. The van der Waals surface area contributed by atoms with E-state index in [4.69, 9.17) is 0 Å². The average molecular weight is 546 g/mol. The van der Waals surface area contributed by atoms with Gasteiger partial charge >= 0.3 is 0 Å². The Morgan fingerprint density at radius 2 is 1.68 bits per heavy atom. The summed E-state index contributed by atoms with van der Waals surface area (Å²) >= 11 is 3.64. The highest BCUT2D eigenvalue weighted by atomic mass is 79.9. The number of anilines is 1. The fourth-order valence-electron chi connectivity index (χ4n) is 5.59. The third-order valence-corrected chi connectivity index (χ3v) is 10.5. The van der Waals surface area contributed by atoms with Crippen molar-refractivity contribution in [2.75, 3.05) is 11.4 Å². The molecule has 1 amide bonds. The van der Waals surface area contributed by atoms with Gasteiger partial charge in [-0.05, 0) is 98.7 Å². The Morgan fingerprint density at radius 1 is 1.00 bits per heavy atom. The van der Waals surface area contributed by atoms with Gasteiger partial charge in [0.15, 0.2) is 0 Å². The van der Waals surface area contributed by atoms with Gasteiger partial charge in [0.2, 0.25) is 10.0 Å². The van der Waals surface area contributed by atoms with Crippen LogP contribution in [0.15, 0.2) is 51.8 Å². The molecule has 7 heteroatoms. The lowest BCUT2D eigenvalue weighted by Crippen LogP contribution is -2.40. The Balaban J connectivity index is 1.45. The van der Waals surface area contributed by atoms with E-state index >= 15 is 0 Å². The van der Waals surface area contributed by atoms with Crippen LogP contribution in [0.3, 0.4) is 0 Å². The summed E-state index contributed by atoms with van der Waals surface area (Å²) in [7, 11) is -3.71. The number of nitrogens with zero attached hydrogens (tertiary/aromatic N) is 1. The van der Waals surface area contributed by atoms with E-state index in [0.717, 1.165) is 23.0 Å². The lowest BCUT2D eigenvalue weighted by molar-refractivity contribution is 0.0980. The Morgan fingerprint density at radius 3 is 2.32 bits per heavy atom. The highest BCUT2D eigenvalue weighted by molar-refractivity contribution is 9.10. The molecule has 1 heterocycles. The normalized spacial score (nSPS) is 21.1. The van der Waals surface area contributed by atoms with Crippen molar-refractivity contribution < 1.29 is 13.2 Å². The van der Waals surface area contributed by atoms with Gasteiger partial charge < -0.3 is 4.90 Å². The fraction of sp³-hybridized carbons (Fsp3) is 0.519. The number of amides is 1. The Bertz CT molecular complexity index is 1230. The summed E-state index contributed by atoms with van der Waals surface area (Å²) in [5, 5.41) is 0. The number of sulfonamides is 1. The van der Waals surface area contributed by atoms with Gasteiger partial charge in [-0.2, -0.15) is 0 Å². The summed E-state index contributed by atoms with van der Waals surface area (Å²) in [6.07, 6.45) is 7.36. The van der Waals surface area contributed by atoms with Crippen molar-refractivity contribution in [2.45, 2.75) is 75.6 Å². The van der Waals surface area contributed by atoms with E-state index in [0.29, 0.717) is 17.5 Å². The minimum absolute atomic E-state index is 0.0133. The van der Waals surface area contributed by atoms with Gasteiger partial charge in [0, 0.05) is 33.7 Å². The molecule has 2 saturated carbocycles. The van der Waals surface area contributed by atoms with Crippen LogP contribution in [0.5, 0.6) is 0 Å². The van der Waals surface area contributed by atoms with Crippen LogP contribution in [0.2, 0.25) is 0 Å². The van der Waals surface area contributed by atoms with Gasteiger partial charge in [0.05, 0.1) is 4.90 Å². The predicted octanol–water partition coefficient (Wildman–Crippen LogP) is 6.02. The van der Waals surface area contributed by atoms with Gasteiger partial charge in [0.1, 0.15) is 0 Å². The maximum absolute atomic E-state index is 13.8. The highest BCUT2D eigenvalue weighted by Crippen LogP contribution is 2.62. The molecule has 1 atom stereocenters. The fourth-order valence-corrected chi connectivity index (χ4v) is 7.39. The number of carbonyl (C=O) groups is 1. The topological polar surface area (TPSA) is 66.5 Å². The second-order valence-corrected chi connectivity index (χ2v) is 13.6. The third-order valence-electron chi connectivity index (χ3n) is 8.48. The number of halogens is 1. The van der Waals surface area contributed by atoms with Crippen molar-refractivity contribution in [3.05, 3.63) is 58.1 Å². The average Bonchev–Trinajstić information content (AvgIpc) is 3.50. The van der Waals surface area contributed by atoms with E-state index in [1.807, 2.05) is 37.8 Å². The molecule has 5 rings (SSSR count). The van der Waals surface area contributed by atoms with Gasteiger partial charge in [0.25, 0.3) is 5.91 Å². The van der Waals surface area contributed by atoms with Crippen molar-refractivity contribution in [1.82, 2.24) is 4.72 Å². The maximum Gasteiger partial charge on any atom is 0.258 e.